The van der Waals surface area contributed by atoms with Crippen LogP contribution in [0.25, 0.3) is 0 Å². The van der Waals surface area contributed by atoms with Gasteiger partial charge in [0.15, 0.2) is 5.78 Å². The van der Waals surface area contributed by atoms with E-state index in [1.165, 1.54) is 19.1 Å². The molecule has 6 heteroatoms. The average molecular weight is 386 g/mol. The van der Waals surface area contributed by atoms with Crippen LogP contribution in [0.1, 0.15) is 41.7 Å². The summed E-state index contributed by atoms with van der Waals surface area (Å²) in [6.07, 6.45) is 0.918. The third kappa shape index (κ3) is 6.78. The molecule has 0 aliphatic rings. The monoisotopic (exact) mass is 386 g/mol. The van der Waals surface area contributed by atoms with Gasteiger partial charge >= 0.3 is 0 Å². The van der Waals surface area contributed by atoms with Gasteiger partial charge in [-0.2, -0.15) is 0 Å². The Bertz CT molecular complexity index is 791. The molecule has 0 saturated carbocycles. The number of benzene rings is 2. The van der Waals surface area contributed by atoms with Crippen molar-refractivity contribution in [1.29, 1.82) is 0 Å². The van der Waals surface area contributed by atoms with Crippen molar-refractivity contribution >= 4 is 11.7 Å². The van der Waals surface area contributed by atoms with Crippen LogP contribution in [0.4, 0.5) is 4.39 Å². The van der Waals surface area contributed by atoms with Crippen molar-refractivity contribution in [2.75, 3.05) is 27.2 Å². The van der Waals surface area contributed by atoms with Crippen LogP contribution in [0.2, 0.25) is 0 Å². The Hall–Kier alpha value is -2.73. The second-order valence-electron chi connectivity index (χ2n) is 6.87. The van der Waals surface area contributed by atoms with Crippen LogP contribution < -0.4 is 10.1 Å². The highest BCUT2D eigenvalue weighted by molar-refractivity contribution is 5.94. The van der Waals surface area contributed by atoms with Crippen molar-refractivity contribution in [3.63, 3.8) is 0 Å². The molecular weight excluding hydrogens is 359 g/mol. The Morgan fingerprint density at radius 1 is 1.14 bits per heavy atom. The molecule has 0 fully saturated rings. The van der Waals surface area contributed by atoms with E-state index in [9.17, 15) is 14.0 Å². The van der Waals surface area contributed by atoms with E-state index in [2.05, 4.69) is 5.32 Å². The minimum Gasteiger partial charge on any atom is -0.494 e. The smallest absolute Gasteiger partial charge is 0.220 e. The lowest BCUT2D eigenvalue weighted by Gasteiger charge is -2.25. The first-order valence-corrected chi connectivity index (χ1v) is 9.29. The second kappa shape index (κ2) is 10.6. The average Bonchev–Trinajstić information content (AvgIpc) is 2.65. The van der Waals surface area contributed by atoms with Gasteiger partial charge in [0.25, 0.3) is 0 Å². The minimum atomic E-state index is -0.288. The molecule has 150 valence electrons. The van der Waals surface area contributed by atoms with Crippen molar-refractivity contribution < 1.29 is 18.7 Å². The van der Waals surface area contributed by atoms with E-state index in [1.54, 1.807) is 30.3 Å². The highest BCUT2D eigenvalue weighted by Crippen LogP contribution is 2.18. The molecule has 0 saturated heterocycles. The summed E-state index contributed by atoms with van der Waals surface area (Å²) in [5, 5.41) is 2.90. The largest absolute Gasteiger partial charge is 0.494 e. The van der Waals surface area contributed by atoms with Crippen LogP contribution in [-0.4, -0.2) is 43.8 Å². The van der Waals surface area contributed by atoms with Gasteiger partial charge in [0.05, 0.1) is 12.6 Å². The summed E-state index contributed by atoms with van der Waals surface area (Å²) in [5.41, 5.74) is 1.46. The summed E-state index contributed by atoms with van der Waals surface area (Å²) in [7, 11) is 3.79. The molecule has 1 atom stereocenters. The van der Waals surface area contributed by atoms with E-state index in [1.807, 2.05) is 25.1 Å². The molecule has 0 radical (unpaired) electrons. The summed E-state index contributed by atoms with van der Waals surface area (Å²) in [6, 6.07) is 13.3. The standard InChI is InChI=1S/C22H27FN2O3/c1-16(26)17-9-11-20(12-10-17)28-13-5-8-22(27)24-15-21(25(2)3)18-6-4-7-19(23)14-18/h4,6-7,9-12,14,21H,5,8,13,15H2,1-3H3,(H,24,27). The van der Waals surface area contributed by atoms with Crippen molar-refractivity contribution in [2.45, 2.75) is 25.8 Å². The zero-order valence-corrected chi connectivity index (χ0v) is 16.6. The number of nitrogens with zero attached hydrogens (tertiary/aromatic N) is 1. The van der Waals surface area contributed by atoms with Crippen molar-refractivity contribution in [3.05, 3.63) is 65.5 Å². The summed E-state index contributed by atoms with van der Waals surface area (Å²) in [4.78, 5) is 25.3. The summed E-state index contributed by atoms with van der Waals surface area (Å²) < 4.78 is 19.1. The lowest BCUT2D eigenvalue weighted by molar-refractivity contribution is -0.121. The molecule has 0 aromatic heterocycles. The lowest BCUT2D eigenvalue weighted by Crippen LogP contribution is -2.34. The number of halogens is 1. The fourth-order valence-electron chi connectivity index (χ4n) is 2.82. The highest BCUT2D eigenvalue weighted by Gasteiger charge is 2.15. The van der Waals surface area contributed by atoms with Crippen LogP contribution in [0, 0.1) is 5.82 Å². The van der Waals surface area contributed by atoms with Gasteiger partial charge < -0.3 is 15.0 Å². The summed E-state index contributed by atoms with van der Waals surface area (Å²) in [6.45, 7) is 2.33. The summed E-state index contributed by atoms with van der Waals surface area (Å²) >= 11 is 0. The van der Waals surface area contributed by atoms with E-state index >= 15 is 0 Å². The van der Waals surface area contributed by atoms with Gasteiger partial charge in [-0.1, -0.05) is 12.1 Å². The number of Topliss-reactive ketones (excluding diaryl/α,β-unsaturated/α-hetero) is 1. The van der Waals surface area contributed by atoms with Gasteiger partial charge in [-0.05, 0) is 69.4 Å². The molecule has 0 bridgehead atoms. The van der Waals surface area contributed by atoms with E-state index in [0.29, 0.717) is 37.3 Å². The van der Waals surface area contributed by atoms with Crippen LogP contribution in [-0.2, 0) is 4.79 Å². The van der Waals surface area contributed by atoms with E-state index in [0.717, 1.165) is 5.56 Å². The first-order chi connectivity index (χ1) is 13.4. The maximum Gasteiger partial charge on any atom is 0.220 e. The highest BCUT2D eigenvalue weighted by atomic mass is 19.1. The number of hydrogen-bond donors (Lipinski definition) is 1. The van der Waals surface area contributed by atoms with Crippen LogP contribution in [0.3, 0.4) is 0 Å². The number of carbonyl (C=O) groups is 2. The maximum absolute atomic E-state index is 13.5. The Labute approximate surface area is 165 Å². The van der Waals surface area contributed by atoms with Gasteiger partial charge in [0, 0.05) is 18.5 Å². The molecule has 1 N–H and O–H groups in total. The Balaban J connectivity index is 1.73. The number of ether oxygens (including phenoxy) is 1. The zero-order valence-electron chi connectivity index (χ0n) is 16.6. The topological polar surface area (TPSA) is 58.6 Å². The molecule has 28 heavy (non-hydrogen) atoms. The Kier molecular flexibility index (Phi) is 8.14. The molecule has 1 unspecified atom stereocenters. The van der Waals surface area contributed by atoms with E-state index in [4.69, 9.17) is 4.74 Å². The molecule has 0 spiro atoms. The number of amides is 1. The molecule has 0 aliphatic heterocycles. The second-order valence-corrected chi connectivity index (χ2v) is 6.87. The quantitative estimate of drug-likeness (QED) is 0.501. The van der Waals surface area contributed by atoms with Gasteiger partial charge in [-0.3, -0.25) is 9.59 Å². The lowest BCUT2D eigenvalue weighted by atomic mass is 10.1. The fraction of sp³-hybridized carbons (Fsp3) is 0.364. The first-order valence-electron chi connectivity index (χ1n) is 9.29. The maximum atomic E-state index is 13.5. The van der Waals surface area contributed by atoms with Crippen LogP contribution >= 0.6 is 0 Å². The number of rotatable bonds is 10. The Morgan fingerprint density at radius 2 is 1.86 bits per heavy atom. The number of nitrogens with one attached hydrogen (secondary N) is 1. The molecule has 2 aromatic carbocycles. The van der Waals surface area contributed by atoms with Crippen LogP contribution in [0.15, 0.2) is 48.5 Å². The summed E-state index contributed by atoms with van der Waals surface area (Å²) in [5.74, 6) is 0.324. The van der Waals surface area contributed by atoms with Gasteiger partial charge in [-0.15, -0.1) is 0 Å². The molecule has 2 rings (SSSR count). The normalized spacial score (nSPS) is 11.9. The molecule has 0 heterocycles. The van der Waals surface area contributed by atoms with Gasteiger partial charge in [0.1, 0.15) is 11.6 Å². The van der Waals surface area contributed by atoms with Gasteiger partial charge in [-0.25, -0.2) is 4.39 Å². The van der Waals surface area contributed by atoms with Crippen LogP contribution in [0.5, 0.6) is 5.75 Å². The Morgan fingerprint density at radius 3 is 2.46 bits per heavy atom. The van der Waals surface area contributed by atoms with E-state index < -0.39 is 0 Å². The van der Waals surface area contributed by atoms with Crippen molar-refractivity contribution in [1.82, 2.24) is 10.2 Å². The minimum absolute atomic E-state index is 0.0116. The van der Waals surface area contributed by atoms with Crippen molar-refractivity contribution in [2.24, 2.45) is 0 Å². The zero-order chi connectivity index (χ0) is 20.5. The third-order valence-corrected chi connectivity index (χ3v) is 4.43. The number of ketones is 1. The fourth-order valence-corrected chi connectivity index (χ4v) is 2.82. The molecule has 5 nitrogen and oxygen atoms in total. The van der Waals surface area contributed by atoms with Crippen molar-refractivity contribution in [3.8, 4) is 5.75 Å². The third-order valence-electron chi connectivity index (χ3n) is 4.43. The van der Waals surface area contributed by atoms with Gasteiger partial charge in [0.2, 0.25) is 5.91 Å². The predicted octanol–water partition coefficient (Wildman–Crippen LogP) is 3.61. The number of carbonyl (C=O) groups excluding carboxylic acids is 2. The predicted molar refractivity (Wildman–Crippen MR) is 107 cm³/mol. The number of hydrogen-bond acceptors (Lipinski definition) is 4. The molecular formula is C22H27FN2O3. The molecule has 0 aliphatic carbocycles. The molecule has 1 amide bonds. The number of likely N-dealkylation sites (N-methyl/N-ethyl adjacent to an activating group) is 1. The molecule has 2 aromatic rings. The van der Waals surface area contributed by atoms with E-state index in [-0.39, 0.29) is 23.5 Å². The SMILES string of the molecule is CC(=O)c1ccc(OCCCC(=O)NCC(c2cccc(F)c2)N(C)C)cc1. The first kappa shape index (κ1) is 21.6.